The Morgan fingerprint density at radius 3 is 2.68 bits per heavy atom. The number of fused-ring (bicyclic) bond motifs is 1. The van der Waals surface area contributed by atoms with Gasteiger partial charge < -0.3 is 10.6 Å². The number of hydrogen-bond donors (Lipinski definition) is 1. The molecule has 2 aromatic rings. The van der Waals surface area contributed by atoms with Crippen molar-refractivity contribution in [3.8, 4) is 0 Å². The number of hydrogen-bond acceptors (Lipinski definition) is 4. The van der Waals surface area contributed by atoms with Gasteiger partial charge in [-0.2, -0.15) is 0 Å². The Labute approximate surface area is 117 Å². The maximum Gasteiger partial charge on any atom is 0.315 e. The molecule has 1 aromatic carbocycles. The Balaban J connectivity index is 2.63. The summed E-state index contributed by atoms with van der Waals surface area (Å²) in [5.74, 6) is -2.05. The molecule has 19 heavy (non-hydrogen) atoms. The standard InChI is InChI=1S/C12H9ClN2O3S/c1-15(12(18)11(14)17)8-5-19-9-3-2-6(13)4-7(9)10(8)16/h2-5H,1H3,(H2,14,17). The van der Waals surface area contributed by atoms with E-state index in [4.69, 9.17) is 17.3 Å². The van der Waals surface area contributed by atoms with Crippen LogP contribution in [0.25, 0.3) is 10.1 Å². The van der Waals surface area contributed by atoms with Gasteiger partial charge in [0.15, 0.2) is 0 Å². The predicted octanol–water partition coefficient (Wildman–Crippen LogP) is 1.36. The summed E-state index contributed by atoms with van der Waals surface area (Å²) in [4.78, 5) is 35.5. The van der Waals surface area contributed by atoms with E-state index >= 15 is 0 Å². The number of nitrogens with two attached hydrogens (primary N) is 1. The first-order valence-electron chi connectivity index (χ1n) is 5.20. The van der Waals surface area contributed by atoms with E-state index in [1.165, 1.54) is 29.8 Å². The van der Waals surface area contributed by atoms with E-state index < -0.39 is 11.8 Å². The van der Waals surface area contributed by atoms with Gasteiger partial charge >= 0.3 is 11.8 Å². The second-order valence-corrected chi connectivity index (χ2v) is 5.17. The molecule has 0 atom stereocenters. The van der Waals surface area contributed by atoms with Crippen molar-refractivity contribution in [1.82, 2.24) is 0 Å². The highest BCUT2D eigenvalue weighted by molar-refractivity contribution is 7.16. The summed E-state index contributed by atoms with van der Waals surface area (Å²) in [6, 6.07) is 4.93. The molecule has 0 saturated carbocycles. The Kier molecular flexibility index (Phi) is 3.55. The Hall–Kier alpha value is -1.92. The number of benzene rings is 1. The van der Waals surface area contributed by atoms with E-state index in [1.807, 2.05) is 0 Å². The maximum atomic E-state index is 12.3. The van der Waals surface area contributed by atoms with Crippen LogP contribution in [0.3, 0.4) is 0 Å². The fourth-order valence-electron chi connectivity index (χ4n) is 1.60. The Bertz CT molecular complexity index is 741. The molecule has 2 rings (SSSR count). The van der Waals surface area contributed by atoms with Gasteiger partial charge in [0, 0.05) is 27.5 Å². The molecular weight excluding hydrogens is 288 g/mol. The smallest absolute Gasteiger partial charge is 0.315 e. The summed E-state index contributed by atoms with van der Waals surface area (Å²) < 4.78 is 0.748. The van der Waals surface area contributed by atoms with Crippen LogP contribution in [0.2, 0.25) is 5.02 Å². The molecule has 0 unspecified atom stereocenters. The van der Waals surface area contributed by atoms with Crippen LogP contribution in [0.5, 0.6) is 0 Å². The summed E-state index contributed by atoms with van der Waals surface area (Å²) >= 11 is 7.13. The minimum atomic E-state index is -1.11. The zero-order chi connectivity index (χ0) is 14.2. The molecule has 0 aliphatic rings. The first-order valence-corrected chi connectivity index (χ1v) is 6.46. The molecule has 1 aromatic heterocycles. The van der Waals surface area contributed by atoms with Crippen LogP contribution in [0.15, 0.2) is 28.4 Å². The molecule has 2 amide bonds. The SMILES string of the molecule is CN(C(=O)C(N)=O)c1csc2ccc(Cl)cc2c1=O. The molecule has 0 fully saturated rings. The van der Waals surface area contributed by atoms with Gasteiger partial charge in [-0.1, -0.05) is 11.6 Å². The van der Waals surface area contributed by atoms with Crippen molar-refractivity contribution < 1.29 is 9.59 Å². The van der Waals surface area contributed by atoms with Gasteiger partial charge in [-0.05, 0) is 18.2 Å². The topological polar surface area (TPSA) is 80.5 Å². The van der Waals surface area contributed by atoms with Gasteiger partial charge in [-0.15, -0.1) is 11.3 Å². The summed E-state index contributed by atoms with van der Waals surface area (Å²) in [6.45, 7) is 0. The Morgan fingerprint density at radius 1 is 1.37 bits per heavy atom. The first kappa shape index (κ1) is 13.5. The van der Waals surface area contributed by atoms with E-state index in [0.29, 0.717) is 10.4 Å². The molecule has 0 saturated heterocycles. The lowest BCUT2D eigenvalue weighted by Crippen LogP contribution is -2.39. The van der Waals surface area contributed by atoms with Gasteiger partial charge in [-0.3, -0.25) is 14.4 Å². The van der Waals surface area contributed by atoms with E-state index in [-0.39, 0.29) is 11.1 Å². The van der Waals surface area contributed by atoms with Crippen LogP contribution >= 0.6 is 22.9 Å². The number of amides is 2. The molecule has 0 radical (unpaired) electrons. The lowest BCUT2D eigenvalue weighted by Gasteiger charge is -2.14. The van der Waals surface area contributed by atoms with Crippen LogP contribution < -0.4 is 16.1 Å². The predicted molar refractivity (Wildman–Crippen MR) is 75.7 cm³/mol. The van der Waals surface area contributed by atoms with Crippen LogP contribution in [0.1, 0.15) is 0 Å². The van der Waals surface area contributed by atoms with Gasteiger partial charge in [0.1, 0.15) is 5.69 Å². The number of primary amides is 1. The summed E-state index contributed by atoms with van der Waals surface area (Å²) in [6.07, 6.45) is 0. The van der Waals surface area contributed by atoms with Crippen LogP contribution in [-0.2, 0) is 9.59 Å². The highest BCUT2D eigenvalue weighted by atomic mass is 35.5. The average molecular weight is 297 g/mol. The summed E-state index contributed by atoms with van der Waals surface area (Å²) in [5, 5.41) is 2.34. The third-order valence-corrected chi connectivity index (χ3v) is 3.78. The fraction of sp³-hybridized carbons (Fsp3) is 0.0833. The second kappa shape index (κ2) is 4.99. The lowest BCUT2D eigenvalue weighted by atomic mass is 10.2. The van der Waals surface area contributed by atoms with Gasteiger partial charge in [0.25, 0.3) is 0 Å². The molecule has 0 spiro atoms. The lowest BCUT2D eigenvalue weighted by molar-refractivity contribution is -0.135. The third-order valence-electron chi connectivity index (χ3n) is 2.59. The summed E-state index contributed by atoms with van der Waals surface area (Å²) in [5.41, 5.74) is 4.64. The minimum Gasteiger partial charge on any atom is -0.361 e. The van der Waals surface area contributed by atoms with Crippen molar-refractivity contribution in [2.45, 2.75) is 0 Å². The molecule has 0 aliphatic carbocycles. The first-order chi connectivity index (χ1) is 8.91. The number of carbonyl (C=O) groups is 2. The number of carbonyl (C=O) groups excluding carboxylic acids is 2. The number of likely N-dealkylation sites (N-methyl/N-ethyl adjacent to an activating group) is 1. The monoisotopic (exact) mass is 296 g/mol. The van der Waals surface area contributed by atoms with Crippen molar-refractivity contribution in [3.63, 3.8) is 0 Å². The van der Waals surface area contributed by atoms with E-state index in [2.05, 4.69) is 0 Å². The fourth-order valence-corrected chi connectivity index (χ4v) is 2.70. The molecule has 7 heteroatoms. The van der Waals surface area contributed by atoms with Crippen molar-refractivity contribution in [3.05, 3.63) is 38.8 Å². The third kappa shape index (κ3) is 2.45. The highest BCUT2D eigenvalue weighted by Gasteiger charge is 2.20. The molecule has 1 heterocycles. The Morgan fingerprint density at radius 2 is 2.05 bits per heavy atom. The molecule has 5 nitrogen and oxygen atoms in total. The molecule has 0 aliphatic heterocycles. The molecule has 2 N–H and O–H groups in total. The largest absolute Gasteiger partial charge is 0.361 e. The molecular formula is C12H9ClN2O3S. The normalized spacial score (nSPS) is 10.4. The number of rotatable bonds is 1. The zero-order valence-corrected chi connectivity index (χ0v) is 11.4. The van der Waals surface area contributed by atoms with E-state index in [9.17, 15) is 14.4 Å². The van der Waals surface area contributed by atoms with Gasteiger partial charge in [0.2, 0.25) is 5.43 Å². The van der Waals surface area contributed by atoms with Crippen molar-refractivity contribution in [2.24, 2.45) is 5.73 Å². The van der Waals surface area contributed by atoms with Crippen molar-refractivity contribution in [2.75, 3.05) is 11.9 Å². The maximum absolute atomic E-state index is 12.3. The number of anilines is 1. The van der Waals surface area contributed by atoms with Crippen LogP contribution in [0, 0.1) is 0 Å². The summed E-state index contributed by atoms with van der Waals surface area (Å²) in [7, 11) is 1.33. The number of halogens is 1. The van der Waals surface area contributed by atoms with Crippen LogP contribution in [-0.4, -0.2) is 18.9 Å². The minimum absolute atomic E-state index is 0.101. The van der Waals surface area contributed by atoms with Gasteiger partial charge in [0.05, 0.1) is 0 Å². The zero-order valence-electron chi connectivity index (χ0n) is 9.84. The van der Waals surface area contributed by atoms with Crippen LogP contribution in [0.4, 0.5) is 5.69 Å². The van der Waals surface area contributed by atoms with Crippen molar-refractivity contribution in [1.29, 1.82) is 0 Å². The number of nitrogens with zero attached hydrogens (tertiary/aromatic N) is 1. The highest BCUT2D eigenvalue weighted by Crippen LogP contribution is 2.23. The average Bonchev–Trinajstić information content (AvgIpc) is 2.38. The van der Waals surface area contributed by atoms with E-state index in [1.54, 1.807) is 12.1 Å². The quantitative estimate of drug-likeness (QED) is 0.807. The van der Waals surface area contributed by atoms with E-state index in [0.717, 1.165) is 9.60 Å². The molecule has 0 bridgehead atoms. The molecule has 98 valence electrons. The van der Waals surface area contributed by atoms with Crippen molar-refractivity contribution >= 4 is 50.5 Å². The van der Waals surface area contributed by atoms with Gasteiger partial charge in [-0.25, -0.2) is 0 Å². The second-order valence-electron chi connectivity index (χ2n) is 3.82.